The Balaban J connectivity index is 2.17. The van der Waals surface area contributed by atoms with Gasteiger partial charge in [-0.05, 0) is 25.7 Å². The molecule has 0 saturated heterocycles. The van der Waals surface area contributed by atoms with E-state index in [2.05, 4.69) is 0 Å². The van der Waals surface area contributed by atoms with Crippen LogP contribution in [0.5, 0.6) is 0 Å². The van der Waals surface area contributed by atoms with Crippen LogP contribution in [0.1, 0.15) is 44.9 Å². The molecular weight excluding hydrogens is 208 g/mol. The van der Waals surface area contributed by atoms with Crippen LogP contribution in [0.2, 0.25) is 0 Å². The van der Waals surface area contributed by atoms with Gasteiger partial charge in [0.05, 0.1) is 11.7 Å². The van der Waals surface area contributed by atoms with Gasteiger partial charge in [-0.2, -0.15) is 0 Å². The smallest absolute Gasteiger partial charge is 0.312 e. The van der Waals surface area contributed by atoms with E-state index in [9.17, 15) is 15.0 Å². The van der Waals surface area contributed by atoms with Crippen LogP contribution in [0.3, 0.4) is 0 Å². The number of hydrogen-bond acceptors (Lipinski definition) is 3. The molecule has 92 valence electrons. The zero-order chi connectivity index (χ0) is 11.8. The lowest BCUT2D eigenvalue weighted by Crippen LogP contribution is -2.62. The summed E-state index contributed by atoms with van der Waals surface area (Å²) in [5, 5.41) is 20.0. The first-order valence-electron chi connectivity index (χ1n) is 6.03. The number of aliphatic carboxylic acids is 1. The minimum absolute atomic E-state index is 0.00190. The van der Waals surface area contributed by atoms with Gasteiger partial charge in [0.15, 0.2) is 0 Å². The second kappa shape index (κ2) is 4.00. The standard InChI is InChI=1S/C12H20O4/c1-16-9-7-11(8-9,10(13)14)12(15)5-3-2-4-6-12/h9,15H,2-8H2,1H3,(H,13,14). The van der Waals surface area contributed by atoms with Gasteiger partial charge in [0, 0.05) is 7.11 Å². The van der Waals surface area contributed by atoms with Crippen molar-refractivity contribution in [2.24, 2.45) is 5.41 Å². The summed E-state index contributed by atoms with van der Waals surface area (Å²) in [7, 11) is 1.60. The van der Waals surface area contributed by atoms with Crippen LogP contribution in [-0.2, 0) is 9.53 Å². The third kappa shape index (κ3) is 1.55. The van der Waals surface area contributed by atoms with Gasteiger partial charge in [0.1, 0.15) is 5.41 Å². The lowest BCUT2D eigenvalue weighted by Gasteiger charge is -2.54. The van der Waals surface area contributed by atoms with Gasteiger partial charge in [0.25, 0.3) is 0 Å². The van der Waals surface area contributed by atoms with Crippen LogP contribution in [0.15, 0.2) is 0 Å². The van der Waals surface area contributed by atoms with Crippen molar-refractivity contribution in [2.45, 2.75) is 56.7 Å². The van der Waals surface area contributed by atoms with Crippen LogP contribution in [-0.4, -0.2) is 35.0 Å². The normalized spacial score (nSPS) is 37.8. The molecule has 0 aromatic carbocycles. The molecule has 0 spiro atoms. The number of carboxylic acids is 1. The minimum Gasteiger partial charge on any atom is -0.481 e. The van der Waals surface area contributed by atoms with Gasteiger partial charge >= 0.3 is 5.97 Å². The molecule has 0 unspecified atom stereocenters. The minimum atomic E-state index is -1.01. The van der Waals surface area contributed by atoms with E-state index in [1.165, 1.54) is 0 Å². The van der Waals surface area contributed by atoms with Crippen molar-refractivity contribution in [3.63, 3.8) is 0 Å². The monoisotopic (exact) mass is 228 g/mol. The summed E-state index contributed by atoms with van der Waals surface area (Å²) in [4.78, 5) is 11.5. The quantitative estimate of drug-likeness (QED) is 0.769. The van der Waals surface area contributed by atoms with Gasteiger partial charge in [-0.15, -0.1) is 0 Å². The van der Waals surface area contributed by atoms with Crippen molar-refractivity contribution in [1.29, 1.82) is 0 Å². The molecule has 4 heteroatoms. The van der Waals surface area contributed by atoms with Crippen LogP contribution >= 0.6 is 0 Å². The average Bonchev–Trinajstić information content (AvgIpc) is 2.16. The van der Waals surface area contributed by atoms with E-state index in [-0.39, 0.29) is 6.10 Å². The fourth-order valence-electron chi connectivity index (χ4n) is 3.25. The maximum Gasteiger partial charge on any atom is 0.312 e. The second-order valence-corrected chi connectivity index (χ2v) is 5.25. The second-order valence-electron chi connectivity index (χ2n) is 5.25. The number of hydrogen-bond donors (Lipinski definition) is 2. The van der Waals surface area contributed by atoms with Gasteiger partial charge in [-0.25, -0.2) is 0 Å². The first kappa shape index (κ1) is 11.9. The molecular formula is C12H20O4. The summed E-state index contributed by atoms with van der Waals surface area (Å²) in [6.07, 6.45) is 5.12. The van der Waals surface area contributed by atoms with Crippen molar-refractivity contribution in [3.8, 4) is 0 Å². The molecule has 2 rings (SSSR count). The van der Waals surface area contributed by atoms with Gasteiger partial charge in [-0.3, -0.25) is 4.79 Å². The highest BCUT2D eigenvalue weighted by Crippen LogP contribution is 2.55. The maximum atomic E-state index is 11.5. The van der Waals surface area contributed by atoms with Gasteiger partial charge < -0.3 is 14.9 Å². The highest BCUT2D eigenvalue weighted by molar-refractivity contribution is 5.78. The van der Waals surface area contributed by atoms with E-state index >= 15 is 0 Å². The molecule has 2 fully saturated rings. The highest BCUT2D eigenvalue weighted by Gasteiger charge is 2.63. The van der Waals surface area contributed by atoms with E-state index in [4.69, 9.17) is 4.74 Å². The van der Waals surface area contributed by atoms with E-state index in [0.29, 0.717) is 25.7 Å². The van der Waals surface area contributed by atoms with Crippen molar-refractivity contribution < 1.29 is 19.7 Å². The molecule has 0 aliphatic heterocycles. The summed E-state index contributed by atoms with van der Waals surface area (Å²) in [5.74, 6) is -0.856. The largest absolute Gasteiger partial charge is 0.481 e. The van der Waals surface area contributed by atoms with E-state index in [0.717, 1.165) is 19.3 Å². The predicted octanol–water partition coefficient (Wildman–Crippen LogP) is 1.56. The Morgan fingerprint density at radius 2 is 1.81 bits per heavy atom. The van der Waals surface area contributed by atoms with Crippen molar-refractivity contribution in [2.75, 3.05) is 7.11 Å². The van der Waals surface area contributed by atoms with Crippen molar-refractivity contribution in [3.05, 3.63) is 0 Å². The molecule has 0 aromatic rings. The first-order valence-corrected chi connectivity index (χ1v) is 6.03. The molecule has 0 aromatic heterocycles. The molecule has 16 heavy (non-hydrogen) atoms. The zero-order valence-electron chi connectivity index (χ0n) is 9.74. The number of ether oxygens (including phenoxy) is 1. The maximum absolute atomic E-state index is 11.5. The average molecular weight is 228 g/mol. The fraction of sp³-hybridized carbons (Fsp3) is 0.917. The Morgan fingerprint density at radius 1 is 1.25 bits per heavy atom. The third-order valence-electron chi connectivity index (χ3n) is 4.47. The number of carboxylic acid groups (broad SMARTS) is 1. The summed E-state index contributed by atoms with van der Waals surface area (Å²) in [6.45, 7) is 0. The van der Waals surface area contributed by atoms with Crippen LogP contribution < -0.4 is 0 Å². The molecule has 0 heterocycles. The summed E-state index contributed by atoms with van der Waals surface area (Å²) < 4.78 is 5.15. The number of carbonyl (C=O) groups is 1. The van der Waals surface area contributed by atoms with Crippen LogP contribution in [0, 0.1) is 5.41 Å². The number of aliphatic hydroxyl groups is 1. The Morgan fingerprint density at radius 3 is 2.25 bits per heavy atom. The molecule has 0 radical (unpaired) electrons. The Bertz CT molecular complexity index is 275. The lowest BCUT2D eigenvalue weighted by atomic mass is 9.53. The topological polar surface area (TPSA) is 66.8 Å². The van der Waals surface area contributed by atoms with Crippen LogP contribution in [0.4, 0.5) is 0 Å². The predicted molar refractivity (Wildman–Crippen MR) is 58.1 cm³/mol. The van der Waals surface area contributed by atoms with Crippen LogP contribution in [0.25, 0.3) is 0 Å². The van der Waals surface area contributed by atoms with E-state index < -0.39 is 17.0 Å². The van der Waals surface area contributed by atoms with Gasteiger partial charge in [-0.1, -0.05) is 19.3 Å². The molecule has 2 aliphatic carbocycles. The summed E-state index contributed by atoms with van der Waals surface area (Å²) in [6, 6.07) is 0. The fourth-order valence-corrected chi connectivity index (χ4v) is 3.25. The molecule has 2 saturated carbocycles. The molecule has 0 amide bonds. The third-order valence-corrected chi connectivity index (χ3v) is 4.47. The highest BCUT2D eigenvalue weighted by atomic mass is 16.5. The Labute approximate surface area is 95.6 Å². The molecule has 0 atom stereocenters. The van der Waals surface area contributed by atoms with E-state index in [1.807, 2.05) is 0 Å². The molecule has 2 N–H and O–H groups in total. The van der Waals surface area contributed by atoms with Crippen molar-refractivity contribution in [1.82, 2.24) is 0 Å². The zero-order valence-corrected chi connectivity index (χ0v) is 9.74. The SMILES string of the molecule is COC1CC(C(=O)O)(C2(O)CCCCC2)C1. The van der Waals surface area contributed by atoms with Gasteiger partial charge in [0.2, 0.25) is 0 Å². The Kier molecular flexibility index (Phi) is 2.97. The number of rotatable bonds is 3. The summed E-state index contributed by atoms with van der Waals surface area (Å²) in [5.41, 5.74) is -1.96. The number of methoxy groups -OCH3 is 1. The van der Waals surface area contributed by atoms with E-state index in [1.54, 1.807) is 7.11 Å². The van der Waals surface area contributed by atoms with Crippen molar-refractivity contribution >= 4 is 5.97 Å². The lowest BCUT2D eigenvalue weighted by molar-refractivity contribution is -0.213. The molecule has 4 nitrogen and oxygen atoms in total. The summed E-state index contributed by atoms with van der Waals surface area (Å²) >= 11 is 0. The first-order chi connectivity index (χ1) is 7.54. The molecule has 2 aliphatic rings. The molecule has 0 bridgehead atoms. The Hall–Kier alpha value is -0.610.